The molecule has 0 N–H and O–H groups in total. The summed E-state index contributed by atoms with van der Waals surface area (Å²) in [6, 6.07) is 17.8. The molecule has 3 rings (SSSR count). The molecule has 1 aliphatic rings. The Kier molecular flexibility index (Phi) is 40.6. The fourth-order valence-electron chi connectivity index (χ4n) is 9.63. The number of rotatable bonds is 42. The van der Waals surface area contributed by atoms with Crippen LogP contribution < -0.4 is 0 Å². The van der Waals surface area contributed by atoms with Gasteiger partial charge >= 0.3 is 106 Å². The maximum absolute atomic E-state index is 12.3. The summed E-state index contributed by atoms with van der Waals surface area (Å²) < 4.78 is 1.59. The monoisotopic (exact) mass is 1020 g/mol. The Morgan fingerprint density at radius 3 is 1.40 bits per heavy atom. The van der Waals surface area contributed by atoms with Gasteiger partial charge in [0.2, 0.25) is 11.4 Å². The van der Waals surface area contributed by atoms with E-state index in [1.807, 2.05) is 0 Å². The number of hydrogen-bond acceptors (Lipinski definition) is 0. The predicted molar refractivity (Wildman–Crippen MR) is 300 cm³/mol. The summed E-state index contributed by atoms with van der Waals surface area (Å²) in [6.07, 6.45) is 50.8. The van der Waals surface area contributed by atoms with Gasteiger partial charge < -0.3 is 5.53 Å². The Balaban J connectivity index is 0.000000904. The Hall–Kier alpha value is -2.26. The Labute approximate surface area is 432 Å². The average Bonchev–Trinajstić information content (AvgIpc) is 3.63. The van der Waals surface area contributed by atoms with Gasteiger partial charge in [-0.15, -0.1) is 11.8 Å². The van der Waals surface area contributed by atoms with Crippen LogP contribution in [0.4, 0.5) is 0 Å². The van der Waals surface area contributed by atoms with Crippen molar-refractivity contribution in [3.05, 3.63) is 87.5 Å². The second-order valence-corrected chi connectivity index (χ2v) is 22.5. The fraction of sp³-hybridized carbons (Fsp3) is 0.723. The molecule has 2 nitrogen and oxygen atoms in total. The van der Waals surface area contributed by atoms with Crippen molar-refractivity contribution in [1.82, 2.24) is 0 Å². The van der Waals surface area contributed by atoms with Crippen LogP contribution in [0.15, 0.2) is 59.7 Å². The summed E-state index contributed by atoms with van der Waals surface area (Å²) in [4.78, 5) is 3.07. The van der Waals surface area contributed by atoms with Crippen LogP contribution >= 0.6 is 0 Å². The number of unbranched alkanes of at least 4 members (excludes halogenated alkanes) is 28. The molecule has 0 aliphatic carbocycles. The summed E-state index contributed by atoms with van der Waals surface area (Å²) in [7, 11) is 0. The van der Waals surface area contributed by atoms with Gasteiger partial charge in [0.25, 0.3) is 0 Å². The quantitative estimate of drug-likeness (QED) is 0.0274. The second kappa shape index (κ2) is 44.7. The van der Waals surface area contributed by atoms with Crippen molar-refractivity contribution in [3.8, 4) is 11.8 Å². The molecule has 0 saturated carbocycles. The average molecular weight is 1020 g/mol. The molecule has 388 valence electrons. The molecule has 3 heteroatoms. The number of hydrogen-bond donors (Lipinski definition) is 0. The molecule has 0 spiro atoms. The summed E-state index contributed by atoms with van der Waals surface area (Å²) in [6.45, 7) is 13.7. The van der Waals surface area contributed by atoms with Crippen molar-refractivity contribution in [2.75, 3.05) is 0 Å². The first kappa shape index (κ1) is 61.9. The van der Waals surface area contributed by atoms with Crippen LogP contribution in [0, 0.1) is 11.8 Å². The van der Waals surface area contributed by atoms with Gasteiger partial charge in [-0.25, -0.2) is 4.70 Å². The normalized spacial score (nSPS) is 12.5. The third-order valence-corrected chi connectivity index (χ3v) is 16.1. The standard InChI is InChI=1S/C51H78N2.2C7H15.Pd/c1-5-9-13-15-17-18-19-20-21-22-23-24-25-26-27-28-30-37-45-38-32-33-41-47(45)51-49(40-12-8-4)48(42-31-29-16-14-10-6-2)50(53(51)52)46-39-34-36-44(43-46)35-11-7-3;2*1-3-5-7-6-4-2;/h32-34,36,38-39,41,43H,5-26,29-31,35,37,40,42H2,1-4H3;2*1,3-7H2,2H3;. The molecular formula is C65H108N2Pd. The van der Waals surface area contributed by atoms with Crippen LogP contribution in [0.1, 0.15) is 301 Å². The van der Waals surface area contributed by atoms with Gasteiger partial charge in [-0.2, -0.15) is 0 Å². The van der Waals surface area contributed by atoms with Crippen molar-refractivity contribution < 1.29 is 22.7 Å². The predicted octanol–water partition coefficient (Wildman–Crippen LogP) is 22.4. The van der Waals surface area contributed by atoms with Crippen molar-refractivity contribution in [3.63, 3.8) is 0 Å². The first-order valence-electron chi connectivity index (χ1n) is 29.6. The molecular weight excluding hydrogens is 915 g/mol. The van der Waals surface area contributed by atoms with Crippen LogP contribution in [0.25, 0.3) is 16.9 Å². The SMILES string of the molecule is CCCCCCCCCCCCCCCC#CCCc1ccccc1C1=C(CCCC)C(CCCCCCCC)=C(c2cccc(CCCC)c2)[N+]1=[N-].CCCCCC[CH2][Pd][CH2]CCCCCC. The fourth-order valence-corrected chi connectivity index (χ4v) is 11.6. The molecule has 0 aromatic heterocycles. The minimum absolute atomic E-state index is 0.864. The van der Waals surface area contributed by atoms with Crippen LogP contribution in [-0.4, -0.2) is 4.70 Å². The van der Waals surface area contributed by atoms with E-state index < -0.39 is 0 Å². The molecule has 0 saturated heterocycles. The van der Waals surface area contributed by atoms with Crippen molar-refractivity contribution in [1.29, 1.82) is 0 Å². The molecule has 1 heterocycles. The number of aryl methyl sites for hydroxylation is 2. The van der Waals surface area contributed by atoms with Crippen LogP contribution in [-0.2, 0) is 30.8 Å². The molecule has 0 radical (unpaired) electrons. The second-order valence-electron chi connectivity index (χ2n) is 20.2. The third kappa shape index (κ3) is 28.6. The van der Waals surface area contributed by atoms with E-state index in [1.54, 1.807) is 4.70 Å². The van der Waals surface area contributed by atoms with E-state index in [4.69, 9.17) is 0 Å². The van der Waals surface area contributed by atoms with Crippen molar-refractivity contribution in [2.24, 2.45) is 0 Å². The minimum atomic E-state index is 0.864. The topological polar surface area (TPSA) is 25.3 Å². The number of benzene rings is 2. The van der Waals surface area contributed by atoms with Crippen LogP contribution in [0.3, 0.4) is 0 Å². The molecule has 0 unspecified atom stereocenters. The molecule has 2 aromatic rings. The molecule has 2 aromatic carbocycles. The number of nitrogens with zero attached hydrogens (tertiary/aromatic N) is 2. The molecule has 1 aliphatic heterocycles. The zero-order valence-electron chi connectivity index (χ0n) is 45.8. The third-order valence-electron chi connectivity index (χ3n) is 13.9. The summed E-state index contributed by atoms with van der Waals surface area (Å²) in [5.41, 5.74) is 22.0. The molecule has 0 atom stereocenters. The molecule has 0 fully saturated rings. The van der Waals surface area contributed by atoms with Crippen molar-refractivity contribution in [2.45, 2.75) is 302 Å². The van der Waals surface area contributed by atoms with Gasteiger partial charge in [-0.05, 0) is 80.7 Å². The van der Waals surface area contributed by atoms with Crippen molar-refractivity contribution >= 4 is 11.4 Å². The number of allylic oxidation sites excluding steroid dienone is 2. The van der Waals surface area contributed by atoms with Gasteiger partial charge in [-0.3, -0.25) is 0 Å². The summed E-state index contributed by atoms with van der Waals surface area (Å²) in [5, 5.41) is 0. The zero-order chi connectivity index (χ0) is 49.0. The van der Waals surface area contributed by atoms with E-state index >= 15 is 0 Å². The summed E-state index contributed by atoms with van der Waals surface area (Å²) in [5.74, 6) is 7.01. The Morgan fingerprint density at radius 2 is 0.838 bits per heavy atom. The van der Waals surface area contributed by atoms with E-state index in [1.165, 1.54) is 237 Å². The molecule has 0 bridgehead atoms. The summed E-state index contributed by atoms with van der Waals surface area (Å²) >= 11 is 1.07. The van der Waals surface area contributed by atoms with Gasteiger partial charge in [0.15, 0.2) is 0 Å². The maximum atomic E-state index is 12.3. The van der Waals surface area contributed by atoms with E-state index in [-0.39, 0.29) is 0 Å². The van der Waals surface area contributed by atoms with Gasteiger partial charge in [-0.1, -0.05) is 180 Å². The van der Waals surface area contributed by atoms with Gasteiger partial charge in [0.1, 0.15) is 0 Å². The van der Waals surface area contributed by atoms with Crippen LogP contribution in [0.5, 0.6) is 0 Å². The Morgan fingerprint density at radius 1 is 0.397 bits per heavy atom. The Bertz CT molecular complexity index is 1640. The van der Waals surface area contributed by atoms with E-state index in [2.05, 4.69) is 102 Å². The molecule has 0 amide bonds. The van der Waals surface area contributed by atoms with E-state index in [0.717, 1.165) is 86.3 Å². The zero-order valence-corrected chi connectivity index (χ0v) is 47.4. The van der Waals surface area contributed by atoms with E-state index in [9.17, 15) is 5.53 Å². The van der Waals surface area contributed by atoms with Crippen LogP contribution in [0.2, 0.25) is 9.79 Å². The molecule has 68 heavy (non-hydrogen) atoms. The van der Waals surface area contributed by atoms with Gasteiger partial charge in [0, 0.05) is 35.1 Å². The van der Waals surface area contributed by atoms with Gasteiger partial charge in [0.05, 0.1) is 0 Å². The first-order valence-corrected chi connectivity index (χ1v) is 31.8. The van der Waals surface area contributed by atoms with E-state index in [0.29, 0.717) is 0 Å². The first-order chi connectivity index (χ1) is 33.6.